The Morgan fingerprint density at radius 1 is 1.07 bits per heavy atom. The van der Waals surface area contributed by atoms with Crippen molar-refractivity contribution in [2.24, 2.45) is 5.92 Å². The Labute approximate surface area is 170 Å². The number of aryl methyl sites for hydroxylation is 1. The van der Waals surface area contributed by atoms with Gasteiger partial charge in [-0.15, -0.1) is 0 Å². The minimum atomic E-state index is -0.209. The van der Waals surface area contributed by atoms with Crippen molar-refractivity contribution in [2.45, 2.75) is 25.9 Å². The maximum absolute atomic E-state index is 12.9. The van der Waals surface area contributed by atoms with Crippen molar-refractivity contribution in [2.75, 3.05) is 11.9 Å². The topological polar surface area (TPSA) is 60.5 Å². The van der Waals surface area contributed by atoms with Crippen LogP contribution in [0.4, 0.5) is 5.69 Å². The molecule has 5 heteroatoms. The zero-order valence-corrected chi connectivity index (χ0v) is 16.4. The molecule has 1 aliphatic heterocycles. The molecule has 0 aliphatic carbocycles. The number of benzene rings is 2. The lowest BCUT2D eigenvalue weighted by molar-refractivity contribution is -0.129. The first-order valence-corrected chi connectivity index (χ1v) is 9.87. The van der Waals surface area contributed by atoms with Crippen LogP contribution in [0.2, 0.25) is 0 Å². The summed E-state index contributed by atoms with van der Waals surface area (Å²) >= 11 is 0. The van der Waals surface area contributed by atoms with Crippen molar-refractivity contribution >= 4 is 11.6 Å². The summed E-state index contributed by atoms with van der Waals surface area (Å²) in [6, 6.07) is 21.1. The molecule has 5 nitrogen and oxygen atoms in total. The summed E-state index contributed by atoms with van der Waals surface area (Å²) in [4.78, 5) is 17.2. The number of amides is 1. The lowest BCUT2D eigenvalue weighted by atomic mass is 9.88. The van der Waals surface area contributed by atoms with Gasteiger partial charge in [0.05, 0.1) is 12.0 Å². The van der Waals surface area contributed by atoms with Crippen LogP contribution >= 0.6 is 0 Å². The molecule has 0 saturated carbocycles. The van der Waals surface area contributed by atoms with E-state index in [2.05, 4.69) is 10.3 Å². The van der Waals surface area contributed by atoms with Gasteiger partial charge < -0.3 is 14.8 Å². The number of rotatable bonds is 5. The summed E-state index contributed by atoms with van der Waals surface area (Å²) in [5, 5.41) is 3.02. The van der Waals surface area contributed by atoms with E-state index in [1.54, 1.807) is 6.20 Å². The average Bonchev–Trinajstić information content (AvgIpc) is 2.77. The van der Waals surface area contributed by atoms with Crippen molar-refractivity contribution in [3.8, 4) is 11.6 Å². The van der Waals surface area contributed by atoms with Gasteiger partial charge in [-0.3, -0.25) is 4.79 Å². The molecule has 0 radical (unpaired) electrons. The number of pyridine rings is 1. The van der Waals surface area contributed by atoms with E-state index in [1.165, 1.54) is 0 Å². The molecular weight excluding hydrogens is 364 g/mol. The van der Waals surface area contributed by atoms with E-state index in [4.69, 9.17) is 9.47 Å². The Hall–Kier alpha value is -3.18. The number of anilines is 1. The minimum Gasteiger partial charge on any atom is -0.439 e. The van der Waals surface area contributed by atoms with Crippen molar-refractivity contribution in [3.05, 3.63) is 84.1 Å². The number of aromatic nitrogens is 1. The first kappa shape index (κ1) is 19.2. The van der Waals surface area contributed by atoms with Crippen LogP contribution in [0.5, 0.6) is 11.6 Å². The maximum Gasteiger partial charge on any atom is 0.230 e. The second kappa shape index (κ2) is 8.88. The highest BCUT2D eigenvalue weighted by molar-refractivity contribution is 5.93. The van der Waals surface area contributed by atoms with Gasteiger partial charge in [0.1, 0.15) is 5.75 Å². The minimum absolute atomic E-state index is 0.0209. The van der Waals surface area contributed by atoms with Crippen molar-refractivity contribution in [3.63, 3.8) is 0 Å². The van der Waals surface area contributed by atoms with Crippen LogP contribution in [-0.4, -0.2) is 17.5 Å². The molecule has 148 valence electrons. The third-order valence-electron chi connectivity index (χ3n) is 5.02. The lowest BCUT2D eigenvalue weighted by Gasteiger charge is -2.31. The second-order valence-corrected chi connectivity index (χ2v) is 7.24. The fourth-order valence-corrected chi connectivity index (χ4v) is 3.50. The van der Waals surface area contributed by atoms with Gasteiger partial charge >= 0.3 is 0 Å². The molecule has 1 N–H and O–H groups in total. The van der Waals surface area contributed by atoms with Crippen LogP contribution in [-0.2, 0) is 9.53 Å². The zero-order valence-electron chi connectivity index (χ0n) is 16.4. The highest BCUT2D eigenvalue weighted by Gasteiger charge is 2.33. The highest BCUT2D eigenvalue weighted by Crippen LogP contribution is 2.34. The fraction of sp³-hybridized carbons (Fsp3) is 0.250. The van der Waals surface area contributed by atoms with Gasteiger partial charge in [-0.25, -0.2) is 4.98 Å². The Kier molecular flexibility index (Phi) is 5.86. The van der Waals surface area contributed by atoms with Gasteiger partial charge in [0, 0.05) is 24.6 Å². The third kappa shape index (κ3) is 4.81. The molecular formula is C24H24N2O3. The monoisotopic (exact) mass is 388 g/mol. The lowest BCUT2D eigenvalue weighted by Crippen LogP contribution is -2.33. The normalized spacial score (nSPS) is 18.8. The van der Waals surface area contributed by atoms with E-state index in [0.717, 1.165) is 29.7 Å². The number of ether oxygens (including phenoxy) is 2. The van der Waals surface area contributed by atoms with Crippen molar-refractivity contribution < 1.29 is 14.3 Å². The zero-order chi connectivity index (χ0) is 20.1. The maximum atomic E-state index is 12.9. The Morgan fingerprint density at radius 3 is 2.59 bits per heavy atom. The first-order chi connectivity index (χ1) is 14.2. The molecule has 2 atom stereocenters. The van der Waals surface area contributed by atoms with Crippen LogP contribution in [0.3, 0.4) is 0 Å². The molecule has 1 aliphatic rings. The summed E-state index contributed by atoms with van der Waals surface area (Å²) in [5.41, 5.74) is 2.86. The van der Waals surface area contributed by atoms with Crippen molar-refractivity contribution in [1.82, 2.24) is 4.98 Å². The average molecular weight is 388 g/mol. The van der Waals surface area contributed by atoms with Crippen molar-refractivity contribution in [1.29, 1.82) is 0 Å². The molecule has 2 unspecified atom stereocenters. The summed E-state index contributed by atoms with van der Waals surface area (Å²) in [6.45, 7) is 2.66. The smallest absolute Gasteiger partial charge is 0.230 e. The van der Waals surface area contributed by atoms with E-state index < -0.39 is 0 Å². The standard InChI is InChI=1S/C24H24N2O3/c1-17-9-14-22(25-16-17)29-20-12-10-19(11-13-20)26-24(27)21-8-5-15-28-23(21)18-6-3-2-4-7-18/h2-4,6-7,9-14,16,21,23H,5,8,15H2,1H3,(H,26,27). The summed E-state index contributed by atoms with van der Waals surface area (Å²) < 4.78 is 11.7. The van der Waals surface area contributed by atoms with E-state index in [9.17, 15) is 4.79 Å². The molecule has 1 saturated heterocycles. The van der Waals surface area contributed by atoms with Crippen LogP contribution in [0.1, 0.15) is 30.1 Å². The second-order valence-electron chi connectivity index (χ2n) is 7.24. The van der Waals surface area contributed by atoms with Crippen LogP contribution < -0.4 is 10.1 Å². The summed E-state index contributed by atoms with van der Waals surface area (Å²) in [6.07, 6.45) is 3.25. The van der Waals surface area contributed by atoms with E-state index >= 15 is 0 Å². The molecule has 1 amide bonds. The first-order valence-electron chi connectivity index (χ1n) is 9.87. The molecule has 29 heavy (non-hydrogen) atoms. The Balaban J connectivity index is 1.41. The summed E-state index contributed by atoms with van der Waals surface area (Å²) in [7, 11) is 0. The highest BCUT2D eigenvalue weighted by atomic mass is 16.5. The molecule has 0 bridgehead atoms. The van der Waals surface area contributed by atoms with Gasteiger partial charge in [-0.1, -0.05) is 36.4 Å². The predicted octanol–water partition coefficient (Wildman–Crippen LogP) is 5.29. The Bertz CT molecular complexity index is 940. The van der Waals surface area contributed by atoms with E-state index in [-0.39, 0.29) is 17.9 Å². The quantitative estimate of drug-likeness (QED) is 0.645. The molecule has 2 aromatic carbocycles. The molecule has 1 aromatic heterocycles. The molecule has 3 aromatic rings. The molecule has 4 rings (SSSR count). The van der Waals surface area contributed by atoms with Gasteiger partial charge in [-0.05, 0) is 55.2 Å². The molecule has 0 spiro atoms. The number of nitrogens with one attached hydrogen (secondary N) is 1. The van der Waals surface area contributed by atoms with E-state index in [1.807, 2.05) is 73.7 Å². The van der Waals surface area contributed by atoms with Gasteiger partial charge in [0.25, 0.3) is 0 Å². The summed E-state index contributed by atoms with van der Waals surface area (Å²) in [5.74, 6) is 0.978. The van der Waals surface area contributed by atoms with Gasteiger partial charge in [0.15, 0.2) is 0 Å². The number of hydrogen-bond acceptors (Lipinski definition) is 4. The molecule has 1 fully saturated rings. The number of carbonyl (C=O) groups is 1. The van der Waals surface area contributed by atoms with Crippen LogP contribution in [0.25, 0.3) is 0 Å². The number of carbonyl (C=O) groups excluding carboxylic acids is 1. The van der Waals surface area contributed by atoms with Crippen LogP contribution in [0, 0.1) is 12.8 Å². The fourth-order valence-electron chi connectivity index (χ4n) is 3.50. The SMILES string of the molecule is Cc1ccc(Oc2ccc(NC(=O)C3CCCOC3c3ccccc3)cc2)nc1. The van der Waals surface area contributed by atoms with Gasteiger partial charge in [0.2, 0.25) is 11.8 Å². The van der Waals surface area contributed by atoms with Crippen LogP contribution in [0.15, 0.2) is 72.9 Å². The third-order valence-corrected chi connectivity index (χ3v) is 5.02. The Morgan fingerprint density at radius 2 is 1.86 bits per heavy atom. The van der Waals surface area contributed by atoms with Gasteiger partial charge in [-0.2, -0.15) is 0 Å². The van der Waals surface area contributed by atoms with E-state index in [0.29, 0.717) is 18.2 Å². The number of hydrogen-bond donors (Lipinski definition) is 1. The predicted molar refractivity (Wildman–Crippen MR) is 112 cm³/mol. The number of nitrogens with zero attached hydrogens (tertiary/aromatic N) is 1. The largest absolute Gasteiger partial charge is 0.439 e. The molecule has 2 heterocycles.